The van der Waals surface area contributed by atoms with E-state index in [-0.39, 0.29) is 0 Å². The van der Waals surface area contributed by atoms with Gasteiger partial charge in [0.1, 0.15) is 5.75 Å². The predicted molar refractivity (Wildman–Crippen MR) is 109 cm³/mol. The number of anilines is 1. The van der Waals surface area contributed by atoms with Gasteiger partial charge in [-0.3, -0.25) is 4.90 Å². The van der Waals surface area contributed by atoms with Crippen LogP contribution in [0.4, 0.5) is 5.69 Å². The second-order valence-corrected chi connectivity index (χ2v) is 6.23. The summed E-state index contributed by atoms with van der Waals surface area (Å²) in [5, 5.41) is 7.01. The molecule has 0 radical (unpaired) electrons. The highest BCUT2D eigenvalue weighted by atomic mass is 32.1. The Morgan fingerprint density at radius 2 is 1.72 bits per heavy atom. The summed E-state index contributed by atoms with van der Waals surface area (Å²) in [5.41, 5.74) is 3.45. The van der Waals surface area contributed by atoms with Crippen LogP contribution in [-0.4, -0.2) is 30.2 Å². The van der Waals surface area contributed by atoms with Gasteiger partial charge in [0.2, 0.25) is 0 Å². The van der Waals surface area contributed by atoms with Crippen molar-refractivity contribution in [2.45, 2.75) is 26.9 Å². The molecule has 2 aromatic rings. The lowest BCUT2D eigenvalue weighted by Crippen LogP contribution is -2.27. The maximum absolute atomic E-state index is 5.36. The Bertz CT molecular complexity index is 669. The van der Waals surface area contributed by atoms with Crippen LogP contribution in [0.25, 0.3) is 0 Å². The molecular weight excluding hydrogens is 330 g/mol. The van der Waals surface area contributed by atoms with E-state index in [1.807, 2.05) is 24.3 Å². The Hall–Kier alpha value is -2.11. The quantitative estimate of drug-likeness (QED) is 0.698. The van der Waals surface area contributed by atoms with Crippen LogP contribution in [0.2, 0.25) is 0 Å². The maximum Gasteiger partial charge on any atom is 0.171 e. The normalized spacial score (nSPS) is 10.6. The molecule has 0 aliphatic heterocycles. The third kappa shape index (κ3) is 6.36. The number of hydrogen-bond donors (Lipinski definition) is 2. The van der Waals surface area contributed by atoms with Crippen LogP contribution in [0.5, 0.6) is 5.75 Å². The zero-order valence-corrected chi connectivity index (χ0v) is 16.0. The van der Waals surface area contributed by atoms with Crippen molar-refractivity contribution in [3.63, 3.8) is 0 Å². The smallest absolute Gasteiger partial charge is 0.171 e. The van der Waals surface area contributed by atoms with E-state index < -0.39 is 0 Å². The molecule has 0 bridgehead atoms. The number of benzene rings is 2. The first-order chi connectivity index (χ1) is 12.1. The zero-order chi connectivity index (χ0) is 18.1. The van der Waals surface area contributed by atoms with E-state index in [0.717, 1.165) is 31.1 Å². The molecule has 0 fully saturated rings. The van der Waals surface area contributed by atoms with Gasteiger partial charge in [0.25, 0.3) is 0 Å². The van der Waals surface area contributed by atoms with Crippen molar-refractivity contribution < 1.29 is 4.74 Å². The molecule has 134 valence electrons. The lowest BCUT2D eigenvalue weighted by atomic mass is 10.1. The lowest BCUT2D eigenvalue weighted by molar-refractivity contribution is 0.296. The van der Waals surface area contributed by atoms with Crippen LogP contribution in [0.3, 0.4) is 0 Å². The Labute approximate surface area is 156 Å². The third-order valence-corrected chi connectivity index (χ3v) is 4.35. The van der Waals surface area contributed by atoms with Gasteiger partial charge >= 0.3 is 0 Å². The molecule has 0 spiro atoms. The van der Waals surface area contributed by atoms with Crippen molar-refractivity contribution in [3.05, 3.63) is 59.7 Å². The molecule has 0 amide bonds. The summed E-state index contributed by atoms with van der Waals surface area (Å²) in [4.78, 5) is 2.40. The molecular formula is C20H27N3OS. The topological polar surface area (TPSA) is 36.5 Å². The molecule has 0 aromatic heterocycles. The van der Waals surface area contributed by atoms with Gasteiger partial charge in [-0.1, -0.05) is 44.2 Å². The average Bonchev–Trinajstić information content (AvgIpc) is 2.65. The Morgan fingerprint density at radius 3 is 2.36 bits per heavy atom. The summed E-state index contributed by atoms with van der Waals surface area (Å²) >= 11 is 5.36. The molecule has 0 saturated heterocycles. The lowest BCUT2D eigenvalue weighted by Gasteiger charge is -2.18. The summed E-state index contributed by atoms with van der Waals surface area (Å²) in [5.74, 6) is 0.802. The van der Waals surface area contributed by atoms with Crippen LogP contribution >= 0.6 is 12.2 Å². The molecule has 0 saturated carbocycles. The molecule has 0 heterocycles. The van der Waals surface area contributed by atoms with Crippen molar-refractivity contribution >= 4 is 23.0 Å². The fourth-order valence-electron chi connectivity index (χ4n) is 2.53. The Kier molecular flexibility index (Phi) is 7.70. The zero-order valence-electron chi connectivity index (χ0n) is 15.2. The molecule has 0 aliphatic rings. The summed E-state index contributed by atoms with van der Waals surface area (Å²) in [6.07, 6.45) is 0. The number of ether oxygens (including phenoxy) is 1. The number of thiocarbonyl (C=S) groups is 1. The van der Waals surface area contributed by atoms with Crippen molar-refractivity contribution in [1.29, 1.82) is 0 Å². The number of hydrogen-bond acceptors (Lipinski definition) is 3. The predicted octanol–water partition coefficient (Wildman–Crippen LogP) is 4.02. The molecule has 2 aromatic carbocycles. The minimum atomic E-state index is 0.598. The van der Waals surface area contributed by atoms with Gasteiger partial charge in [0.15, 0.2) is 5.11 Å². The van der Waals surface area contributed by atoms with Crippen LogP contribution in [-0.2, 0) is 13.1 Å². The number of nitrogens with one attached hydrogen (secondary N) is 2. The SMILES string of the molecule is CCN(CC)Cc1ccc(CNC(=S)Nc2cccc(OC)c2)cc1. The molecule has 4 nitrogen and oxygen atoms in total. The van der Waals surface area contributed by atoms with Gasteiger partial charge in [0.05, 0.1) is 7.11 Å². The molecule has 0 unspecified atom stereocenters. The summed E-state index contributed by atoms with van der Waals surface area (Å²) < 4.78 is 5.21. The number of nitrogens with zero attached hydrogens (tertiary/aromatic N) is 1. The molecule has 5 heteroatoms. The molecule has 2 N–H and O–H groups in total. The summed E-state index contributed by atoms with van der Waals surface area (Å²) in [7, 11) is 1.65. The van der Waals surface area contributed by atoms with Gasteiger partial charge in [0, 0.05) is 24.8 Å². The van der Waals surface area contributed by atoms with E-state index in [0.29, 0.717) is 11.7 Å². The van der Waals surface area contributed by atoms with E-state index in [1.54, 1.807) is 7.11 Å². The molecule has 0 aliphatic carbocycles. The van der Waals surface area contributed by atoms with Crippen LogP contribution in [0.15, 0.2) is 48.5 Å². The van der Waals surface area contributed by atoms with Crippen LogP contribution in [0.1, 0.15) is 25.0 Å². The van der Waals surface area contributed by atoms with Crippen molar-refractivity contribution in [2.75, 3.05) is 25.5 Å². The van der Waals surface area contributed by atoms with Gasteiger partial charge in [-0.15, -0.1) is 0 Å². The van der Waals surface area contributed by atoms with Crippen molar-refractivity contribution in [2.24, 2.45) is 0 Å². The van der Waals surface area contributed by atoms with E-state index in [9.17, 15) is 0 Å². The number of rotatable bonds is 8. The largest absolute Gasteiger partial charge is 0.497 e. The van der Waals surface area contributed by atoms with E-state index in [2.05, 4.69) is 53.6 Å². The van der Waals surface area contributed by atoms with Gasteiger partial charge in [-0.25, -0.2) is 0 Å². The summed E-state index contributed by atoms with van der Waals surface area (Å²) in [6, 6.07) is 16.4. The molecule has 0 atom stereocenters. The maximum atomic E-state index is 5.36. The van der Waals surface area contributed by atoms with E-state index in [1.165, 1.54) is 11.1 Å². The third-order valence-electron chi connectivity index (χ3n) is 4.10. The van der Waals surface area contributed by atoms with Gasteiger partial charge in [-0.2, -0.15) is 0 Å². The molecule has 25 heavy (non-hydrogen) atoms. The molecule has 2 rings (SSSR count). The first-order valence-electron chi connectivity index (χ1n) is 8.63. The van der Waals surface area contributed by atoms with Crippen LogP contribution in [0, 0.1) is 0 Å². The van der Waals surface area contributed by atoms with E-state index in [4.69, 9.17) is 17.0 Å². The first-order valence-corrected chi connectivity index (χ1v) is 9.04. The number of methoxy groups -OCH3 is 1. The highest BCUT2D eigenvalue weighted by Crippen LogP contribution is 2.16. The highest BCUT2D eigenvalue weighted by molar-refractivity contribution is 7.80. The van der Waals surface area contributed by atoms with Crippen LogP contribution < -0.4 is 15.4 Å². The monoisotopic (exact) mass is 357 g/mol. The summed E-state index contributed by atoms with van der Waals surface area (Å²) in [6.45, 7) is 8.22. The second kappa shape index (κ2) is 10.0. The fraction of sp³-hybridized carbons (Fsp3) is 0.350. The Morgan fingerprint density at radius 1 is 1.04 bits per heavy atom. The minimum Gasteiger partial charge on any atom is -0.497 e. The van der Waals surface area contributed by atoms with Gasteiger partial charge in [-0.05, 0) is 48.6 Å². The highest BCUT2D eigenvalue weighted by Gasteiger charge is 2.02. The fourth-order valence-corrected chi connectivity index (χ4v) is 2.72. The van der Waals surface area contributed by atoms with E-state index >= 15 is 0 Å². The van der Waals surface area contributed by atoms with Gasteiger partial charge < -0.3 is 15.4 Å². The second-order valence-electron chi connectivity index (χ2n) is 5.82. The standard InChI is InChI=1S/C20H27N3OS/c1-4-23(5-2)15-17-11-9-16(10-12-17)14-21-20(25)22-18-7-6-8-19(13-18)24-3/h6-13H,4-5,14-15H2,1-3H3,(H2,21,22,25). The minimum absolute atomic E-state index is 0.598. The van der Waals surface area contributed by atoms with Crippen molar-refractivity contribution in [3.8, 4) is 5.75 Å². The average molecular weight is 358 g/mol. The Balaban J connectivity index is 1.83. The first kappa shape index (κ1) is 19.2. The van der Waals surface area contributed by atoms with Crippen molar-refractivity contribution in [1.82, 2.24) is 10.2 Å².